The van der Waals surface area contributed by atoms with Gasteiger partial charge in [0.05, 0.1) is 6.04 Å². The Morgan fingerprint density at radius 2 is 1.82 bits per heavy atom. The Morgan fingerprint density at radius 3 is 2.47 bits per heavy atom. The largest absolute Gasteiger partial charge is 0.303 e. The topological polar surface area (TPSA) is 6.48 Å². The van der Waals surface area contributed by atoms with Crippen LogP contribution in [-0.4, -0.2) is 55.5 Å². The molecule has 0 N–H and O–H groups in total. The summed E-state index contributed by atoms with van der Waals surface area (Å²) in [5.74, 6) is 0.661. The van der Waals surface area contributed by atoms with E-state index < -0.39 is 12.5 Å². The second-order valence-electron chi connectivity index (χ2n) is 5.66. The van der Waals surface area contributed by atoms with E-state index >= 15 is 0 Å². The smallest absolute Gasteiger partial charge is 0.255 e. The minimum atomic E-state index is -2.21. The highest BCUT2D eigenvalue weighted by Crippen LogP contribution is 2.26. The predicted octanol–water partition coefficient (Wildman–Crippen LogP) is 2.45. The first-order valence-electron chi connectivity index (χ1n) is 6.87. The Kier molecular flexibility index (Phi) is 4.74. The number of nitrogens with zero attached hydrogens (tertiary/aromatic N) is 2. The molecular formula is C13H24F2N2. The van der Waals surface area contributed by atoms with Crippen molar-refractivity contribution in [2.24, 2.45) is 5.92 Å². The van der Waals surface area contributed by atoms with Crippen molar-refractivity contribution < 1.29 is 8.78 Å². The van der Waals surface area contributed by atoms with Crippen LogP contribution in [0, 0.1) is 5.92 Å². The van der Waals surface area contributed by atoms with E-state index in [4.69, 9.17) is 0 Å². The molecule has 1 aliphatic carbocycles. The Bertz CT molecular complexity index is 229. The number of alkyl halides is 2. The molecule has 2 nitrogen and oxygen atoms in total. The summed E-state index contributed by atoms with van der Waals surface area (Å²) < 4.78 is 26.1. The van der Waals surface area contributed by atoms with Crippen LogP contribution in [0.3, 0.4) is 0 Å². The predicted molar refractivity (Wildman–Crippen MR) is 65.4 cm³/mol. The Balaban J connectivity index is 1.88. The average molecular weight is 246 g/mol. The van der Waals surface area contributed by atoms with Gasteiger partial charge in [-0.25, -0.2) is 8.78 Å². The van der Waals surface area contributed by atoms with Crippen LogP contribution in [0.25, 0.3) is 0 Å². The molecule has 1 unspecified atom stereocenters. The summed E-state index contributed by atoms with van der Waals surface area (Å²) in [5.41, 5.74) is 0. The molecular weight excluding hydrogens is 222 g/mol. The van der Waals surface area contributed by atoms with Crippen LogP contribution in [0.5, 0.6) is 0 Å². The van der Waals surface area contributed by atoms with Gasteiger partial charge in [0, 0.05) is 26.2 Å². The van der Waals surface area contributed by atoms with Gasteiger partial charge in [-0.3, -0.25) is 4.90 Å². The van der Waals surface area contributed by atoms with Crippen LogP contribution in [0.15, 0.2) is 0 Å². The quantitative estimate of drug-likeness (QED) is 0.754. The van der Waals surface area contributed by atoms with E-state index in [2.05, 4.69) is 0 Å². The van der Waals surface area contributed by atoms with Crippen molar-refractivity contribution in [2.75, 3.05) is 33.2 Å². The van der Waals surface area contributed by atoms with Crippen LogP contribution in [0.1, 0.15) is 32.1 Å². The number of likely N-dealkylation sites (N-methyl/N-ethyl adjacent to an activating group) is 1. The zero-order valence-corrected chi connectivity index (χ0v) is 10.7. The van der Waals surface area contributed by atoms with Gasteiger partial charge in [0.15, 0.2) is 0 Å². The minimum absolute atomic E-state index is 0.518. The molecule has 2 aliphatic rings. The highest BCUT2D eigenvalue weighted by atomic mass is 19.3. The molecule has 0 aromatic rings. The second kappa shape index (κ2) is 6.10. The van der Waals surface area contributed by atoms with Gasteiger partial charge in [-0.05, 0) is 25.8 Å². The molecule has 2 fully saturated rings. The van der Waals surface area contributed by atoms with Crippen molar-refractivity contribution >= 4 is 0 Å². The van der Waals surface area contributed by atoms with E-state index in [0.717, 1.165) is 19.6 Å². The maximum atomic E-state index is 13.0. The number of rotatable bonds is 3. The van der Waals surface area contributed by atoms with Gasteiger partial charge in [-0.15, -0.1) is 0 Å². The van der Waals surface area contributed by atoms with Crippen LogP contribution in [0.2, 0.25) is 0 Å². The molecule has 1 saturated carbocycles. The molecule has 0 amide bonds. The lowest BCUT2D eigenvalue weighted by molar-refractivity contribution is -0.0261. The van der Waals surface area contributed by atoms with Gasteiger partial charge in [-0.1, -0.05) is 19.3 Å². The molecule has 0 aromatic heterocycles. The Hall–Kier alpha value is -0.220. The lowest BCUT2D eigenvalue weighted by Crippen LogP contribution is -2.56. The van der Waals surface area contributed by atoms with E-state index in [-0.39, 0.29) is 0 Å². The van der Waals surface area contributed by atoms with Gasteiger partial charge in [0.25, 0.3) is 6.43 Å². The molecule has 1 saturated heterocycles. The fourth-order valence-corrected chi connectivity index (χ4v) is 3.16. The number of piperazine rings is 1. The summed E-state index contributed by atoms with van der Waals surface area (Å²) in [6.07, 6.45) is 4.18. The first-order valence-corrected chi connectivity index (χ1v) is 6.87. The molecule has 0 radical (unpaired) electrons. The molecule has 0 aromatic carbocycles. The van der Waals surface area contributed by atoms with Gasteiger partial charge >= 0.3 is 0 Å². The maximum Gasteiger partial charge on any atom is 0.255 e. The number of hydrogen-bond donors (Lipinski definition) is 0. The molecule has 0 bridgehead atoms. The van der Waals surface area contributed by atoms with Gasteiger partial charge < -0.3 is 4.90 Å². The molecule has 100 valence electrons. The third-order valence-electron chi connectivity index (χ3n) is 4.24. The first-order chi connectivity index (χ1) is 8.16. The lowest BCUT2D eigenvalue weighted by Gasteiger charge is -2.41. The van der Waals surface area contributed by atoms with Crippen molar-refractivity contribution in [1.29, 1.82) is 0 Å². The molecule has 1 aliphatic heterocycles. The maximum absolute atomic E-state index is 13.0. The fraction of sp³-hybridized carbons (Fsp3) is 1.00. The SMILES string of the molecule is CN1CCN(CC2CCCCC2)C(C(F)F)C1. The van der Waals surface area contributed by atoms with E-state index in [0.29, 0.717) is 12.5 Å². The molecule has 0 spiro atoms. The standard InChI is InChI=1S/C13H24F2N2/c1-16-7-8-17(12(10-16)13(14)15)9-11-5-3-2-4-6-11/h11-13H,2-10H2,1H3. The lowest BCUT2D eigenvalue weighted by atomic mass is 9.88. The van der Waals surface area contributed by atoms with Crippen molar-refractivity contribution in [2.45, 2.75) is 44.6 Å². The third kappa shape index (κ3) is 3.62. The zero-order chi connectivity index (χ0) is 12.3. The summed E-state index contributed by atoms with van der Waals surface area (Å²) >= 11 is 0. The summed E-state index contributed by atoms with van der Waals surface area (Å²) in [7, 11) is 1.94. The molecule has 2 rings (SSSR count). The summed E-state index contributed by atoms with van der Waals surface area (Å²) in [4.78, 5) is 4.06. The van der Waals surface area contributed by atoms with Crippen LogP contribution in [0.4, 0.5) is 8.78 Å². The van der Waals surface area contributed by atoms with Crippen molar-refractivity contribution in [1.82, 2.24) is 9.80 Å². The minimum Gasteiger partial charge on any atom is -0.303 e. The van der Waals surface area contributed by atoms with Crippen molar-refractivity contribution in [3.8, 4) is 0 Å². The zero-order valence-electron chi connectivity index (χ0n) is 10.7. The average Bonchev–Trinajstić information content (AvgIpc) is 2.32. The van der Waals surface area contributed by atoms with E-state index in [1.54, 1.807) is 0 Å². The van der Waals surface area contributed by atoms with Crippen molar-refractivity contribution in [3.63, 3.8) is 0 Å². The number of hydrogen-bond acceptors (Lipinski definition) is 2. The van der Waals surface area contributed by atoms with Gasteiger partial charge in [0.2, 0.25) is 0 Å². The van der Waals surface area contributed by atoms with E-state index in [9.17, 15) is 8.78 Å². The van der Waals surface area contributed by atoms with Crippen molar-refractivity contribution in [3.05, 3.63) is 0 Å². The summed E-state index contributed by atoms with van der Waals surface area (Å²) in [6, 6.07) is -0.546. The van der Waals surface area contributed by atoms with Gasteiger partial charge in [-0.2, -0.15) is 0 Å². The van der Waals surface area contributed by atoms with Crippen LogP contribution < -0.4 is 0 Å². The second-order valence-corrected chi connectivity index (χ2v) is 5.66. The molecule has 4 heteroatoms. The van der Waals surface area contributed by atoms with Crippen LogP contribution >= 0.6 is 0 Å². The Morgan fingerprint density at radius 1 is 1.12 bits per heavy atom. The number of halogens is 2. The summed E-state index contributed by atoms with van der Waals surface area (Å²) in [6.45, 7) is 3.14. The van der Waals surface area contributed by atoms with E-state index in [1.165, 1.54) is 32.1 Å². The third-order valence-corrected chi connectivity index (χ3v) is 4.24. The van der Waals surface area contributed by atoms with Crippen LogP contribution in [-0.2, 0) is 0 Å². The first kappa shape index (κ1) is 13.2. The highest BCUT2D eigenvalue weighted by molar-refractivity contribution is 4.84. The Labute approximate surface area is 103 Å². The molecule has 1 atom stereocenters. The molecule has 17 heavy (non-hydrogen) atoms. The van der Waals surface area contributed by atoms with Gasteiger partial charge in [0.1, 0.15) is 0 Å². The fourth-order valence-electron chi connectivity index (χ4n) is 3.16. The normalized spacial score (nSPS) is 30.0. The monoisotopic (exact) mass is 246 g/mol. The molecule has 1 heterocycles. The highest BCUT2D eigenvalue weighted by Gasteiger charge is 2.33. The summed E-state index contributed by atoms with van der Waals surface area (Å²) in [5, 5.41) is 0. The van der Waals surface area contributed by atoms with E-state index in [1.807, 2.05) is 16.8 Å².